The Morgan fingerprint density at radius 1 is 1.20 bits per heavy atom. The lowest BCUT2D eigenvalue weighted by Crippen LogP contribution is -2.26. The summed E-state index contributed by atoms with van der Waals surface area (Å²) in [4.78, 5) is 13.1. The van der Waals surface area contributed by atoms with Crippen LogP contribution in [-0.2, 0) is 0 Å². The zero-order valence-corrected chi connectivity index (χ0v) is 12.7. The van der Waals surface area contributed by atoms with E-state index in [9.17, 15) is 9.18 Å². The van der Waals surface area contributed by atoms with Crippen LogP contribution in [-0.4, -0.2) is 19.4 Å². The number of carbonyl (C=O) groups is 1. The third-order valence-corrected chi connectivity index (χ3v) is 4.36. The predicted molar refractivity (Wildman–Crippen MR) is 80.8 cm³/mol. The summed E-state index contributed by atoms with van der Waals surface area (Å²) >= 11 is 0. The standard InChI is InChI=1S/C17H24FNO/c1-17(2,3)14-5-4-7-19(8-6-14)16-10-13(12-20)9-15(18)11-16/h9-12,14H,4-8H2,1-3H3. The van der Waals surface area contributed by atoms with E-state index >= 15 is 0 Å². The van der Waals surface area contributed by atoms with E-state index in [0.29, 0.717) is 23.2 Å². The molecule has 1 saturated heterocycles. The highest BCUT2D eigenvalue weighted by Gasteiger charge is 2.27. The first-order chi connectivity index (χ1) is 9.40. The zero-order chi connectivity index (χ0) is 14.8. The van der Waals surface area contributed by atoms with E-state index in [0.717, 1.165) is 31.6 Å². The SMILES string of the molecule is CC(C)(C)C1CCCN(c2cc(F)cc(C=O)c2)CC1. The summed E-state index contributed by atoms with van der Waals surface area (Å²) in [6.07, 6.45) is 4.17. The van der Waals surface area contributed by atoms with Crippen molar-refractivity contribution in [3.63, 3.8) is 0 Å². The second-order valence-corrected chi connectivity index (χ2v) is 6.84. The molecule has 0 amide bonds. The largest absolute Gasteiger partial charge is 0.371 e. The van der Waals surface area contributed by atoms with Crippen molar-refractivity contribution in [2.24, 2.45) is 11.3 Å². The molecule has 1 fully saturated rings. The van der Waals surface area contributed by atoms with E-state index in [1.165, 1.54) is 18.6 Å². The molecule has 3 heteroatoms. The van der Waals surface area contributed by atoms with Gasteiger partial charge in [-0.1, -0.05) is 20.8 Å². The number of aldehydes is 1. The molecule has 1 aliphatic rings. The van der Waals surface area contributed by atoms with E-state index in [1.807, 2.05) is 0 Å². The lowest BCUT2D eigenvalue weighted by Gasteiger charge is -2.30. The third-order valence-electron chi connectivity index (χ3n) is 4.36. The van der Waals surface area contributed by atoms with Crippen LogP contribution in [0.15, 0.2) is 18.2 Å². The van der Waals surface area contributed by atoms with Crippen molar-refractivity contribution in [1.82, 2.24) is 0 Å². The quantitative estimate of drug-likeness (QED) is 0.752. The first-order valence-electron chi connectivity index (χ1n) is 7.41. The molecule has 0 bridgehead atoms. The molecule has 0 radical (unpaired) electrons. The number of anilines is 1. The number of carbonyl (C=O) groups excluding carboxylic acids is 1. The Labute approximate surface area is 121 Å². The van der Waals surface area contributed by atoms with Crippen molar-refractivity contribution in [2.45, 2.75) is 40.0 Å². The van der Waals surface area contributed by atoms with E-state index in [1.54, 1.807) is 6.07 Å². The van der Waals surface area contributed by atoms with Crippen molar-refractivity contribution in [3.05, 3.63) is 29.6 Å². The molecule has 2 rings (SSSR count). The second kappa shape index (κ2) is 5.94. The van der Waals surface area contributed by atoms with Crippen molar-refractivity contribution < 1.29 is 9.18 Å². The van der Waals surface area contributed by atoms with Gasteiger partial charge >= 0.3 is 0 Å². The van der Waals surface area contributed by atoms with Gasteiger partial charge in [-0.15, -0.1) is 0 Å². The minimum atomic E-state index is -0.332. The summed E-state index contributed by atoms with van der Waals surface area (Å²) in [7, 11) is 0. The summed E-state index contributed by atoms with van der Waals surface area (Å²) in [5, 5.41) is 0. The van der Waals surface area contributed by atoms with Crippen LogP contribution in [0.2, 0.25) is 0 Å². The Bertz CT molecular complexity index is 478. The number of hydrogen-bond acceptors (Lipinski definition) is 2. The zero-order valence-electron chi connectivity index (χ0n) is 12.7. The summed E-state index contributed by atoms with van der Waals surface area (Å²) in [6.45, 7) is 8.75. The van der Waals surface area contributed by atoms with Crippen molar-refractivity contribution in [2.75, 3.05) is 18.0 Å². The first kappa shape index (κ1) is 15.0. The molecule has 0 N–H and O–H groups in total. The minimum absolute atomic E-state index is 0.325. The third kappa shape index (κ3) is 3.59. The molecular formula is C17H24FNO. The first-order valence-corrected chi connectivity index (χ1v) is 7.41. The number of rotatable bonds is 2. The van der Waals surface area contributed by atoms with Gasteiger partial charge in [-0.25, -0.2) is 4.39 Å². The summed E-state index contributed by atoms with van der Waals surface area (Å²) in [5.41, 5.74) is 1.57. The fourth-order valence-corrected chi connectivity index (χ4v) is 3.07. The van der Waals surface area contributed by atoms with Crippen LogP contribution < -0.4 is 4.90 Å². The lowest BCUT2D eigenvalue weighted by atomic mass is 9.77. The molecule has 1 heterocycles. The van der Waals surface area contributed by atoms with Gasteiger partial charge in [0.25, 0.3) is 0 Å². The van der Waals surface area contributed by atoms with Gasteiger partial charge in [0.05, 0.1) is 0 Å². The van der Waals surface area contributed by atoms with Gasteiger partial charge in [-0.3, -0.25) is 4.79 Å². The molecule has 0 aliphatic carbocycles. The molecule has 110 valence electrons. The molecule has 1 aromatic rings. The second-order valence-electron chi connectivity index (χ2n) is 6.84. The highest BCUT2D eigenvalue weighted by Crippen LogP contribution is 2.35. The Kier molecular flexibility index (Phi) is 4.46. The average molecular weight is 277 g/mol. The van der Waals surface area contributed by atoms with Crippen molar-refractivity contribution in [1.29, 1.82) is 0 Å². The lowest BCUT2D eigenvalue weighted by molar-refractivity contribution is 0.112. The van der Waals surface area contributed by atoms with Gasteiger partial charge in [-0.05, 0) is 48.8 Å². The molecule has 1 unspecified atom stereocenters. The molecule has 20 heavy (non-hydrogen) atoms. The summed E-state index contributed by atoms with van der Waals surface area (Å²) in [6, 6.07) is 4.60. The van der Waals surface area contributed by atoms with E-state index in [2.05, 4.69) is 25.7 Å². The number of halogens is 1. The Hall–Kier alpha value is -1.38. The highest BCUT2D eigenvalue weighted by molar-refractivity contribution is 5.77. The molecule has 0 saturated carbocycles. The van der Waals surface area contributed by atoms with E-state index in [4.69, 9.17) is 0 Å². The molecule has 1 aliphatic heterocycles. The van der Waals surface area contributed by atoms with Crippen molar-refractivity contribution >= 4 is 12.0 Å². The van der Waals surface area contributed by atoms with Crippen LogP contribution in [0.25, 0.3) is 0 Å². The maximum Gasteiger partial charge on any atom is 0.150 e. The van der Waals surface area contributed by atoms with Crippen LogP contribution in [0.5, 0.6) is 0 Å². The van der Waals surface area contributed by atoms with Gasteiger partial charge < -0.3 is 4.90 Å². The van der Waals surface area contributed by atoms with Crippen LogP contribution in [0.1, 0.15) is 50.4 Å². The van der Waals surface area contributed by atoms with Crippen LogP contribution >= 0.6 is 0 Å². The van der Waals surface area contributed by atoms with Crippen LogP contribution in [0.3, 0.4) is 0 Å². The Morgan fingerprint density at radius 2 is 1.95 bits per heavy atom. The number of hydrogen-bond donors (Lipinski definition) is 0. The molecule has 1 atom stereocenters. The maximum atomic E-state index is 13.6. The monoisotopic (exact) mass is 277 g/mol. The average Bonchev–Trinajstić information content (AvgIpc) is 2.63. The molecule has 0 spiro atoms. The normalized spacial score (nSPS) is 20.6. The molecule has 2 nitrogen and oxygen atoms in total. The summed E-state index contributed by atoms with van der Waals surface area (Å²) < 4.78 is 13.6. The summed E-state index contributed by atoms with van der Waals surface area (Å²) in [5.74, 6) is 0.368. The predicted octanol–water partition coefficient (Wildman–Crippen LogP) is 4.29. The van der Waals surface area contributed by atoms with Gasteiger partial charge in [0.15, 0.2) is 0 Å². The highest BCUT2D eigenvalue weighted by atomic mass is 19.1. The van der Waals surface area contributed by atoms with E-state index in [-0.39, 0.29) is 5.82 Å². The Balaban J connectivity index is 2.14. The fraction of sp³-hybridized carbons (Fsp3) is 0.588. The number of nitrogens with zero attached hydrogens (tertiary/aromatic N) is 1. The minimum Gasteiger partial charge on any atom is -0.371 e. The molecule has 0 aromatic heterocycles. The Morgan fingerprint density at radius 3 is 2.60 bits per heavy atom. The van der Waals surface area contributed by atoms with Gasteiger partial charge in [-0.2, -0.15) is 0 Å². The fourth-order valence-electron chi connectivity index (χ4n) is 3.07. The van der Waals surface area contributed by atoms with Crippen LogP contribution in [0, 0.1) is 17.2 Å². The maximum absolute atomic E-state index is 13.6. The van der Waals surface area contributed by atoms with Crippen LogP contribution in [0.4, 0.5) is 10.1 Å². The molecule has 1 aromatic carbocycles. The van der Waals surface area contributed by atoms with E-state index < -0.39 is 0 Å². The molecular weight excluding hydrogens is 253 g/mol. The van der Waals surface area contributed by atoms with Gasteiger partial charge in [0.2, 0.25) is 0 Å². The van der Waals surface area contributed by atoms with Gasteiger partial charge in [0.1, 0.15) is 12.1 Å². The van der Waals surface area contributed by atoms with Crippen molar-refractivity contribution in [3.8, 4) is 0 Å². The number of benzene rings is 1. The van der Waals surface area contributed by atoms with Gasteiger partial charge in [0, 0.05) is 24.3 Å². The smallest absolute Gasteiger partial charge is 0.150 e. The topological polar surface area (TPSA) is 20.3 Å².